The summed E-state index contributed by atoms with van der Waals surface area (Å²) < 4.78 is 38.4. The summed E-state index contributed by atoms with van der Waals surface area (Å²) in [6, 6.07) is 5.50. The van der Waals surface area contributed by atoms with Gasteiger partial charge in [0.15, 0.2) is 0 Å². The molecule has 2 rings (SSSR count). The number of aromatic nitrogens is 1. The zero-order valence-electron chi connectivity index (χ0n) is 8.96. The van der Waals surface area contributed by atoms with E-state index in [0.29, 0.717) is 24.0 Å². The van der Waals surface area contributed by atoms with Gasteiger partial charge in [0.05, 0.1) is 5.56 Å². The van der Waals surface area contributed by atoms with E-state index in [9.17, 15) is 13.2 Å². The Morgan fingerprint density at radius 3 is 2.53 bits per heavy atom. The van der Waals surface area contributed by atoms with Crippen LogP contribution >= 0.6 is 0 Å². The molecule has 5 heteroatoms. The minimum atomic E-state index is -4.35. The molecule has 0 saturated carbocycles. The van der Waals surface area contributed by atoms with Gasteiger partial charge in [0.25, 0.3) is 0 Å². The minimum Gasteiger partial charge on any atom is -0.330 e. The van der Waals surface area contributed by atoms with Gasteiger partial charge in [-0.1, -0.05) is 12.1 Å². The summed E-state index contributed by atoms with van der Waals surface area (Å²) in [5, 5.41) is 0.700. The van der Waals surface area contributed by atoms with Crippen LogP contribution < -0.4 is 5.73 Å². The number of nitrogens with zero attached hydrogens (tertiary/aromatic N) is 1. The van der Waals surface area contributed by atoms with E-state index in [0.717, 1.165) is 6.07 Å². The maximum atomic E-state index is 12.8. The van der Waals surface area contributed by atoms with Crippen LogP contribution in [0.1, 0.15) is 11.3 Å². The summed E-state index contributed by atoms with van der Waals surface area (Å²) in [6.45, 7) is 0.363. The molecule has 1 aromatic heterocycles. The molecule has 2 aromatic rings. The molecule has 1 heterocycles. The van der Waals surface area contributed by atoms with Gasteiger partial charge in [-0.2, -0.15) is 13.2 Å². The van der Waals surface area contributed by atoms with Crippen LogP contribution in [-0.2, 0) is 12.6 Å². The Morgan fingerprint density at radius 1 is 1.12 bits per heavy atom. The zero-order chi connectivity index (χ0) is 12.5. The van der Waals surface area contributed by atoms with Crippen LogP contribution in [0, 0.1) is 0 Å². The van der Waals surface area contributed by atoms with E-state index < -0.39 is 11.7 Å². The highest BCUT2D eigenvalue weighted by atomic mass is 19.4. The first kappa shape index (κ1) is 11.9. The van der Waals surface area contributed by atoms with Crippen LogP contribution in [-0.4, -0.2) is 11.5 Å². The lowest BCUT2D eigenvalue weighted by molar-refractivity contribution is -0.136. The van der Waals surface area contributed by atoms with Gasteiger partial charge in [0.1, 0.15) is 0 Å². The Hall–Kier alpha value is -1.62. The number of halogens is 3. The van der Waals surface area contributed by atoms with E-state index in [1.807, 2.05) is 0 Å². The summed E-state index contributed by atoms with van der Waals surface area (Å²) in [5.74, 6) is 0. The normalized spacial score (nSPS) is 12.0. The van der Waals surface area contributed by atoms with Gasteiger partial charge in [-0.25, -0.2) is 0 Å². The molecule has 0 fully saturated rings. The van der Waals surface area contributed by atoms with Crippen molar-refractivity contribution in [3.63, 3.8) is 0 Å². The molecule has 1 aromatic carbocycles. The van der Waals surface area contributed by atoms with E-state index in [1.54, 1.807) is 6.07 Å². The molecule has 0 aliphatic carbocycles. The minimum absolute atomic E-state index is 0.179. The largest absolute Gasteiger partial charge is 0.417 e. The van der Waals surface area contributed by atoms with E-state index in [4.69, 9.17) is 5.73 Å². The fourth-order valence-corrected chi connectivity index (χ4v) is 1.85. The number of pyridine rings is 1. The highest BCUT2D eigenvalue weighted by molar-refractivity contribution is 5.87. The van der Waals surface area contributed by atoms with E-state index in [2.05, 4.69) is 4.98 Å². The highest BCUT2D eigenvalue weighted by Crippen LogP contribution is 2.35. The first-order valence-corrected chi connectivity index (χ1v) is 5.18. The molecule has 0 radical (unpaired) electrons. The number of alkyl halides is 3. The fraction of sp³-hybridized carbons (Fsp3) is 0.250. The molecule has 2 nitrogen and oxygen atoms in total. The summed E-state index contributed by atoms with van der Waals surface area (Å²) in [7, 11) is 0. The predicted octanol–water partition coefficient (Wildman–Crippen LogP) is 2.75. The third kappa shape index (κ3) is 2.24. The summed E-state index contributed by atoms with van der Waals surface area (Å²) in [6.07, 6.45) is -2.48. The SMILES string of the molecule is NCCc1nccc2c(C(F)(F)F)cccc12. The maximum Gasteiger partial charge on any atom is 0.417 e. The van der Waals surface area contributed by atoms with E-state index in [-0.39, 0.29) is 5.39 Å². The second-order valence-corrected chi connectivity index (χ2v) is 3.69. The molecule has 0 saturated heterocycles. The fourth-order valence-electron chi connectivity index (χ4n) is 1.85. The molecule has 17 heavy (non-hydrogen) atoms. The molecular formula is C12H11F3N2. The van der Waals surface area contributed by atoms with Gasteiger partial charge in [-0.05, 0) is 24.1 Å². The number of benzene rings is 1. The van der Waals surface area contributed by atoms with Crippen molar-refractivity contribution >= 4 is 10.8 Å². The van der Waals surface area contributed by atoms with Gasteiger partial charge in [0.2, 0.25) is 0 Å². The van der Waals surface area contributed by atoms with Crippen LogP contribution in [0.2, 0.25) is 0 Å². The van der Waals surface area contributed by atoms with Crippen LogP contribution in [0.3, 0.4) is 0 Å². The standard InChI is InChI=1S/C12H11F3N2/c13-12(14,15)10-3-1-2-9-8(10)5-7-17-11(9)4-6-16/h1-3,5,7H,4,6,16H2. The summed E-state index contributed by atoms with van der Waals surface area (Å²) >= 11 is 0. The van der Waals surface area contributed by atoms with Crippen molar-refractivity contribution in [3.8, 4) is 0 Å². The molecule has 0 aliphatic rings. The van der Waals surface area contributed by atoms with Gasteiger partial charge in [0, 0.05) is 23.7 Å². The van der Waals surface area contributed by atoms with Crippen LogP contribution in [0.15, 0.2) is 30.5 Å². The number of nitrogens with two attached hydrogens (primary N) is 1. The van der Waals surface area contributed by atoms with Gasteiger partial charge >= 0.3 is 6.18 Å². The van der Waals surface area contributed by atoms with Gasteiger partial charge in [-0.3, -0.25) is 4.98 Å². The van der Waals surface area contributed by atoms with Gasteiger partial charge < -0.3 is 5.73 Å². The second kappa shape index (κ2) is 4.33. The van der Waals surface area contributed by atoms with E-state index >= 15 is 0 Å². The molecule has 0 atom stereocenters. The van der Waals surface area contributed by atoms with Crippen molar-refractivity contribution in [2.24, 2.45) is 5.73 Å². The Balaban J connectivity index is 2.70. The smallest absolute Gasteiger partial charge is 0.330 e. The summed E-state index contributed by atoms with van der Waals surface area (Å²) in [4.78, 5) is 4.07. The molecule has 0 spiro atoms. The van der Waals surface area contributed by atoms with Crippen LogP contribution in [0.4, 0.5) is 13.2 Å². The monoisotopic (exact) mass is 240 g/mol. The van der Waals surface area contributed by atoms with Crippen molar-refractivity contribution in [1.29, 1.82) is 0 Å². The quantitative estimate of drug-likeness (QED) is 0.876. The number of fused-ring (bicyclic) bond motifs is 1. The highest BCUT2D eigenvalue weighted by Gasteiger charge is 2.32. The molecule has 90 valence electrons. The predicted molar refractivity (Wildman–Crippen MR) is 59.5 cm³/mol. The molecule has 0 bridgehead atoms. The Labute approximate surface area is 96.3 Å². The Kier molecular flexibility index (Phi) is 3.02. The maximum absolute atomic E-state index is 12.8. The topological polar surface area (TPSA) is 38.9 Å². The van der Waals surface area contributed by atoms with Crippen molar-refractivity contribution in [2.45, 2.75) is 12.6 Å². The first-order valence-electron chi connectivity index (χ1n) is 5.18. The van der Waals surface area contributed by atoms with Crippen molar-refractivity contribution in [1.82, 2.24) is 4.98 Å². The average molecular weight is 240 g/mol. The lowest BCUT2D eigenvalue weighted by Crippen LogP contribution is -2.08. The second-order valence-electron chi connectivity index (χ2n) is 3.69. The molecule has 0 unspecified atom stereocenters. The summed E-state index contributed by atoms with van der Waals surface area (Å²) in [5.41, 5.74) is 5.39. The van der Waals surface area contributed by atoms with Crippen molar-refractivity contribution in [3.05, 3.63) is 41.7 Å². The molecule has 0 aliphatic heterocycles. The molecular weight excluding hydrogens is 229 g/mol. The lowest BCUT2D eigenvalue weighted by Gasteiger charge is -2.11. The van der Waals surface area contributed by atoms with Crippen LogP contribution in [0.25, 0.3) is 10.8 Å². The lowest BCUT2D eigenvalue weighted by atomic mass is 10.0. The number of hydrogen-bond donors (Lipinski definition) is 1. The van der Waals surface area contributed by atoms with Crippen molar-refractivity contribution in [2.75, 3.05) is 6.54 Å². The average Bonchev–Trinajstić information content (AvgIpc) is 2.28. The Bertz CT molecular complexity index is 535. The third-order valence-electron chi connectivity index (χ3n) is 2.58. The number of hydrogen-bond acceptors (Lipinski definition) is 2. The zero-order valence-corrected chi connectivity index (χ0v) is 8.96. The van der Waals surface area contributed by atoms with Gasteiger partial charge in [-0.15, -0.1) is 0 Å². The van der Waals surface area contributed by atoms with E-state index in [1.165, 1.54) is 18.3 Å². The number of rotatable bonds is 2. The molecule has 2 N–H and O–H groups in total. The molecule has 0 amide bonds. The Morgan fingerprint density at radius 2 is 1.88 bits per heavy atom. The first-order chi connectivity index (χ1) is 8.04. The van der Waals surface area contributed by atoms with Crippen LogP contribution in [0.5, 0.6) is 0 Å². The van der Waals surface area contributed by atoms with Crippen molar-refractivity contribution < 1.29 is 13.2 Å². The third-order valence-corrected chi connectivity index (χ3v) is 2.58.